The Bertz CT molecular complexity index is 1010. The van der Waals surface area contributed by atoms with E-state index < -0.39 is 16.1 Å². The van der Waals surface area contributed by atoms with Crippen molar-refractivity contribution in [3.63, 3.8) is 0 Å². The molecule has 0 aliphatic rings. The van der Waals surface area contributed by atoms with Gasteiger partial charge in [-0.05, 0) is 36.6 Å². The minimum Gasteiger partial charge on any atom is -0.357 e. The van der Waals surface area contributed by atoms with E-state index in [2.05, 4.69) is 5.32 Å². The van der Waals surface area contributed by atoms with Crippen LogP contribution in [0.4, 0.5) is 5.69 Å². The number of carbonyl (C=O) groups is 2. The van der Waals surface area contributed by atoms with Crippen molar-refractivity contribution in [2.24, 2.45) is 0 Å². The molecule has 0 spiro atoms. The molecule has 2 aromatic rings. The van der Waals surface area contributed by atoms with Crippen LogP contribution in [0.1, 0.15) is 31.7 Å². The van der Waals surface area contributed by atoms with E-state index >= 15 is 0 Å². The van der Waals surface area contributed by atoms with Crippen molar-refractivity contribution >= 4 is 39.1 Å². The first-order valence-corrected chi connectivity index (χ1v) is 12.7. The molecule has 0 heterocycles. The van der Waals surface area contributed by atoms with E-state index in [0.717, 1.165) is 11.8 Å². The van der Waals surface area contributed by atoms with E-state index in [0.29, 0.717) is 23.6 Å². The molecule has 9 heteroatoms. The zero-order valence-corrected chi connectivity index (χ0v) is 20.2. The fourth-order valence-corrected chi connectivity index (χ4v) is 4.66. The summed E-state index contributed by atoms with van der Waals surface area (Å²) in [5, 5.41) is 3.13. The Morgan fingerprint density at radius 1 is 1.06 bits per heavy atom. The zero-order chi connectivity index (χ0) is 23.7. The van der Waals surface area contributed by atoms with Crippen molar-refractivity contribution in [1.29, 1.82) is 0 Å². The summed E-state index contributed by atoms with van der Waals surface area (Å²) in [5.74, 6) is -0.489. The number of carbonyl (C=O) groups excluding carboxylic acids is 2. The van der Waals surface area contributed by atoms with E-state index in [-0.39, 0.29) is 31.3 Å². The van der Waals surface area contributed by atoms with Crippen molar-refractivity contribution < 1.29 is 18.0 Å². The van der Waals surface area contributed by atoms with E-state index in [1.54, 1.807) is 36.4 Å². The smallest absolute Gasteiger partial charge is 0.242 e. The van der Waals surface area contributed by atoms with Gasteiger partial charge in [0, 0.05) is 31.6 Å². The fraction of sp³-hybridized carbons (Fsp3) is 0.391. The number of benzene rings is 2. The highest BCUT2D eigenvalue weighted by atomic mass is 35.5. The van der Waals surface area contributed by atoms with Gasteiger partial charge >= 0.3 is 0 Å². The molecule has 32 heavy (non-hydrogen) atoms. The SMILES string of the molecule is CCC(C(=O)NC)N(Cc1ccccc1Cl)C(=O)CCCN(c1ccccc1)S(C)(=O)=O. The maximum atomic E-state index is 13.2. The van der Waals surface area contributed by atoms with Crippen molar-refractivity contribution in [2.45, 2.75) is 38.8 Å². The molecule has 0 radical (unpaired) electrons. The maximum Gasteiger partial charge on any atom is 0.242 e. The summed E-state index contributed by atoms with van der Waals surface area (Å²) >= 11 is 6.29. The fourth-order valence-electron chi connectivity index (χ4n) is 3.49. The predicted molar refractivity (Wildman–Crippen MR) is 128 cm³/mol. The minimum atomic E-state index is -3.50. The standard InChI is InChI=1S/C23H30ClN3O4S/c1-4-21(23(29)25-2)26(17-18-11-8-9-14-20(18)24)22(28)15-10-16-27(32(3,30)31)19-12-6-5-7-13-19/h5-9,11-14,21H,4,10,15-17H2,1-3H3,(H,25,29). The second kappa shape index (κ2) is 11.9. The second-order valence-electron chi connectivity index (χ2n) is 7.43. The van der Waals surface area contributed by atoms with Crippen LogP contribution in [0.15, 0.2) is 54.6 Å². The Kier molecular flexibility index (Phi) is 9.53. The van der Waals surface area contributed by atoms with Crippen molar-refractivity contribution in [1.82, 2.24) is 10.2 Å². The van der Waals surface area contributed by atoms with Gasteiger partial charge in [0.2, 0.25) is 21.8 Å². The number of likely N-dealkylation sites (N-methyl/N-ethyl adjacent to an activating group) is 1. The summed E-state index contributed by atoms with van der Waals surface area (Å²) in [6.07, 6.45) is 1.99. The lowest BCUT2D eigenvalue weighted by Crippen LogP contribution is -2.48. The topological polar surface area (TPSA) is 86.8 Å². The molecule has 0 aliphatic heterocycles. The van der Waals surface area contributed by atoms with Crippen LogP contribution in [-0.2, 0) is 26.2 Å². The molecule has 2 aromatic carbocycles. The summed E-state index contributed by atoms with van der Waals surface area (Å²) in [7, 11) is -1.97. The van der Waals surface area contributed by atoms with Gasteiger partial charge in [-0.2, -0.15) is 0 Å². The highest BCUT2D eigenvalue weighted by Gasteiger charge is 2.28. The first kappa shape index (κ1) is 25.7. The van der Waals surface area contributed by atoms with Crippen LogP contribution >= 0.6 is 11.6 Å². The lowest BCUT2D eigenvalue weighted by molar-refractivity contribution is -0.141. The molecule has 0 aliphatic carbocycles. The number of anilines is 1. The van der Waals surface area contributed by atoms with Gasteiger partial charge in [0.25, 0.3) is 0 Å². The van der Waals surface area contributed by atoms with Gasteiger partial charge < -0.3 is 10.2 Å². The summed E-state index contributed by atoms with van der Waals surface area (Å²) < 4.78 is 25.8. The van der Waals surface area contributed by atoms with Crippen molar-refractivity contribution in [3.05, 3.63) is 65.2 Å². The molecule has 0 saturated heterocycles. The van der Waals surface area contributed by atoms with E-state index in [1.807, 2.05) is 25.1 Å². The van der Waals surface area contributed by atoms with E-state index in [1.165, 1.54) is 16.3 Å². The molecule has 0 fully saturated rings. The number of hydrogen-bond donors (Lipinski definition) is 1. The number of nitrogens with one attached hydrogen (secondary N) is 1. The lowest BCUT2D eigenvalue weighted by Gasteiger charge is -2.31. The number of nitrogens with zero attached hydrogens (tertiary/aromatic N) is 2. The van der Waals surface area contributed by atoms with Gasteiger partial charge in [0.1, 0.15) is 6.04 Å². The monoisotopic (exact) mass is 479 g/mol. The minimum absolute atomic E-state index is 0.0940. The van der Waals surface area contributed by atoms with Gasteiger partial charge in [0.05, 0.1) is 11.9 Å². The number of halogens is 1. The quantitative estimate of drug-likeness (QED) is 0.534. The van der Waals surface area contributed by atoms with Gasteiger partial charge in [-0.25, -0.2) is 8.42 Å². The molecule has 0 bridgehead atoms. The Morgan fingerprint density at radius 2 is 1.69 bits per heavy atom. The molecule has 0 aromatic heterocycles. The molecule has 1 N–H and O–H groups in total. The van der Waals surface area contributed by atoms with Gasteiger partial charge in [-0.3, -0.25) is 13.9 Å². The number of rotatable bonds is 11. The maximum absolute atomic E-state index is 13.2. The largest absolute Gasteiger partial charge is 0.357 e. The van der Waals surface area contributed by atoms with Crippen LogP contribution in [0.25, 0.3) is 0 Å². The van der Waals surface area contributed by atoms with Gasteiger partial charge in [0.15, 0.2) is 0 Å². The van der Waals surface area contributed by atoms with E-state index in [4.69, 9.17) is 11.6 Å². The molecule has 0 saturated carbocycles. The first-order chi connectivity index (χ1) is 15.2. The third kappa shape index (κ3) is 6.97. The molecule has 2 rings (SSSR count). The summed E-state index contributed by atoms with van der Waals surface area (Å²) in [6, 6.07) is 15.3. The molecule has 2 amide bonds. The van der Waals surface area contributed by atoms with Crippen LogP contribution in [-0.4, -0.2) is 51.0 Å². The molecule has 1 unspecified atom stereocenters. The third-order valence-electron chi connectivity index (χ3n) is 5.13. The average molecular weight is 480 g/mol. The number of sulfonamides is 1. The summed E-state index contributed by atoms with van der Waals surface area (Å²) in [4.78, 5) is 27.1. The van der Waals surface area contributed by atoms with Crippen LogP contribution in [0.2, 0.25) is 5.02 Å². The van der Waals surface area contributed by atoms with Crippen LogP contribution in [0, 0.1) is 0 Å². The van der Waals surface area contributed by atoms with Gasteiger partial charge in [-0.1, -0.05) is 54.9 Å². The third-order valence-corrected chi connectivity index (χ3v) is 6.69. The molecular weight excluding hydrogens is 450 g/mol. The van der Waals surface area contributed by atoms with Crippen LogP contribution in [0.3, 0.4) is 0 Å². The van der Waals surface area contributed by atoms with E-state index in [9.17, 15) is 18.0 Å². The number of amides is 2. The Balaban J connectivity index is 2.18. The zero-order valence-electron chi connectivity index (χ0n) is 18.6. The highest BCUT2D eigenvalue weighted by Crippen LogP contribution is 2.21. The highest BCUT2D eigenvalue weighted by molar-refractivity contribution is 7.92. The van der Waals surface area contributed by atoms with Gasteiger partial charge in [-0.15, -0.1) is 0 Å². The van der Waals surface area contributed by atoms with Crippen LogP contribution < -0.4 is 9.62 Å². The second-order valence-corrected chi connectivity index (χ2v) is 9.74. The molecular formula is C23H30ClN3O4S. The summed E-state index contributed by atoms with van der Waals surface area (Å²) in [6.45, 7) is 2.19. The average Bonchev–Trinajstić information content (AvgIpc) is 2.77. The molecule has 1 atom stereocenters. The normalized spacial score (nSPS) is 12.1. The number of hydrogen-bond acceptors (Lipinski definition) is 4. The van der Waals surface area contributed by atoms with Crippen molar-refractivity contribution in [3.8, 4) is 0 Å². The number of para-hydroxylation sites is 1. The molecule has 174 valence electrons. The van der Waals surface area contributed by atoms with Crippen molar-refractivity contribution in [2.75, 3.05) is 24.2 Å². The lowest BCUT2D eigenvalue weighted by atomic mass is 10.1. The Hall–Kier alpha value is -2.58. The Morgan fingerprint density at radius 3 is 2.25 bits per heavy atom. The van der Waals surface area contributed by atoms with Crippen LogP contribution in [0.5, 0.6) is 0 Å². The Labute approximate surface area is 195 Å². The first-order valence-electron chi connectivity index (χ1n) is 10.5. The molecule has 7 nitrogen and oxygen atoms in total. The predicted octanol–water partition coefficient (Wildman–Crippen LogP) is 3.44. The summed E-state index contributed by atoms with van der Waals surface area (Å²) in [5.41, 5.74) is 1.29.